The van der Waals surface area contributed by atoms with E-state index in [0.29, 0.717) is 5.96 Å². The zero-order chi connectivity index (χ0) is 17.6. The number of nitrogens with two attached hydrogens (primary N) is 1. The summed E-state index contributed by atoms with van der Waals surface area (Å²) < 4.78 is 14.8. The van der Waals surface area contributed by atoms with Crippen molar-refractivity contribution in [3.05, 3.63) is 48.0 Å². The number of nitrogens with zero attached hydrogens (tertiary/aromatic N) is 5. The minimum atomic E-state index is -0.204. The number of halogens is 1. The van der Waals surface area contributed by atoms with E-state index in [0.717, 1.165) is 51.3 Å². The minimum Gasteiger partial charge on any atom is -0.370 e. The average molecular weight is 344 g/mol. The Balaban J connectivity index is 1.42. The minimum absolute atomic E-state index is 0.204. The molecule has 6 nitrogen and oxygen atoms in total. The highest BCUT2D eigenvalue weighted by molar-refractivity contribution is 5.78. The third-order valence-corrected chi connectivity index (χ3v) is 4.45. The van der Waals surface area contributed by atoms with Crippen molar-refractivity contribution in [2.45, 2.75) is 12.8 Å². The molecule has 1 aliphatic rings. The highest BCUT2D eigenvalue weighted by Gasteiger charge is 2.18. The smallest absolute Gasteiger partial charge is 0.191 e. The third-order valence-electron chi connectivity index (χ3n) is 4.45. The number of benzene rings is 1. The van der Waals surface area contributed by atoms with E-state index in [1.807, 2.05) is 36.3 Å². The molecule has 1 aromatic heterocycles. The van der Waals surface area contributed by atoms with Crippen LogP contribution in [0.1, 0.15) is 12.0 Å². The third kappa shape index (κ3) is 4.71. The number of rotatable bonds is 5. The number of hydrogen-bond donors (Lipinski definition) is 1. The molecular formula is C18H25FN6. The summed E-state index contributed by atoms with van der Waals surface area (Å²) in [6, 6.07) is 6.64. The zero-order valence-corrected chi connectivity index (χ0v) is 14.6. The molecule has 1 saturated heterocycles. The van der Waals surface area contributed by atoms with Crippen LogP contribution in [0.15, 0.2) is 41.7 Å². The summed E-state index contributed by atoms with van der Waals surface area (Å²) in [7, 11) is 1.92. The molecule has 134 valence electrons. The standard InChI is InChI=1S/C18H25FN6/c1-23-14-15(13-22-23)3-2-8-21-18(20)25-11-9-24(10-12-25)17-6-4-16(19)5-7-17/h4-7,13-14H,2-3,8-12H2,1H3,(H2,20,21). The molecule has 1 aliphatic heterocycles. The lowest BCUT2D eigenvalue weighted by molar-refractivity contribution is 0.380. The first kappa shape index (κ1) is 17.3. The fourth-order valence-electron chi connectivity index (χ4n) is 3.02. The number of hydrogen-bond acceptors (Lipinski definition) is 3. The number of aliphatic imine (C=N–C) groups is 1. The first-order valence-electron chi connectivity index (χ1n) is 8.65. The van der Waals surface area contributed by atoms with E-state index in [9.17, 15) is 4.39 Å². The van der Waals surface area contributed by atoms with Crippen LogP contribution in [0.4, 0.5) is 10.1 Å². The van der Waals surface area contributed by atoms with Gasteiger partial charge in [0, 0.05) is 51.7 Å². The fraction of sp³-hybridized carbons (Fsp3) is 0.444. The van der Waals surface area contributed by atoms with Gasteiger partial charge in [-0.05, 0) is 42.7 Å². The van der Waals surface area contributed by atoms with E-state index in [1.165, 1.54) is 17.7 Å². The summed E-state index contributed by atoms with van der Waals surface area (Å²) in [5.74, 6) is 0.412. The van der Waals surface area contributed by atoms with Crippen LogP contribution in [-0.2, 0) is 13.5 Å². The predicted molar refractivity (Wildman–Crippen MR) is 98.2 cm³/mol. The lowest BCUT2D eigenvalue weighted by atomic mass is 10.2. The summed E-state index contributed by atoms with van der Waals surface area (Å²) >= 11 is 0. The van der Waals surface area contributed by atoms with Crippen LogP contribution < -0.4 is 10.6 Å². The van der Waals surface area contributed by atoms with E-state index < -0.39 is 0 Å². The molecule has 1 fully saturated rings. The molecule has 0 bridgehead atoms. The summed E-state index contributed by atoms with van der Waals surface area (Å²) in [5.41, 5.74) is 8.40. The zero-order valence-electron chi connectivity index (χ0n) is 14.6. The van der Waals surface area contributed by atoms with Crippen LogP contribution in [0.25, 0.3) is 0 Å². The van der Waals surface area contributed by atoms with Gasteiger partial charge in [0.2, 0.25) is 0 Å². The van der Waals surface area contributed by atoms with Gasteiger partial charge in [0.25, 0.3) is 0 Å². The van der Waals surface area contributed by atoms with Crippen LogP contribution in [-0.4, -0.2) is 53.4 Å². The molecule has 25 heavy (non-hydrogen) atoms. The largest absolute Gasteiger partial charge is 0.370 e. The Bertz CT molecular complexity index is 701. The molecule has 0 atom stereocenters. The SMILES string of the molecule is Cn1cc(CCCN=C(N)N2CCN(c3ccc(F)cc3)CC2)cn1. The Labute approximate surface area is 147 Å². The Kier molecular flexibility index (Phi) is 5.53. The topological polar surface area (TPSA) is 62.7 Å². The molecule has 2 N–H and O–H groups in total. The van der Waals surface area contributed by atoms with Gasteiger partial charge in [-0.3, -0.25) is 9.67 Å². The van der Waals surface area contributed by atoms with E-state index in [-0.39, 0.29) is 5.82 Å². The Hall–Kier alpha value is -2.57. The Morgan fingerprint density at radius 2 is 1.92 bits per heavy atom. The van der Waals surface area contributed by atoms with Crippen molar-refractivity contribution in [3.8, 4) is 0 Å². The van der Waals surface area contributed by atoms with Gasteiger partial charge >= 0.3 is 0 Å². The van der Waals surface area contributed by atoms with Crippen molar-refractivity contribution in [3.63, 3.8) is 0 Å². The van der Waals surface area contributed by atoms with E-state index in [2.05, 4.69) is 19.9 Å². The van der Waals surface area contributed by atoms with Gasteiger partial charge in [-0.15, -0.1) is 0 Å². The van der Waals surface area contributed by atoms with Crippen LogP contribution in [0.5, 0.6) is 0 Å². The molecule has 0 amide bonds. The molecule has 7 heteroatoms. The lowest BCUT2D eigenvalue weighted by Gasteiger charge is -2.36. The van der Waals surface area contributed by atoms with Crippen molar-refractivity contribution in [1.29, 1.82) is 0 Å². The van der Waals surface area contributed by atoms with E-state index >= 15 is 0 Å². The Morgan fingerprint density at radius 3 is 2.56 bits per heavy atom. The van der Waals surface area contributed by atoms with Crippen LogP contribution in [0.3, 0.4) is 0 Å². The normalized spacial score (nSPS) is 15.7. The van der Waals surface area contributed by atoms with Crippen molar-refractivity contribution >= 4 is 11.6 Å². The van der Waals surface area contributed by atoms with Crippen molar-refractivity contribution in [2.24, 2.45) is 17.8 Å². The quantitative estimate of drug-likeness (QED) is 0.509. The van der Waals surface area contributed by atoms with Crippen molar-refractivity contribution in [1.82, 2.24) is 14.7 Å². The molecule has 3 rings (SSSR count). The van der Waals surface area contributed by atoms with Gasteiger partial charge in [-0.1, -0.05) is 0 Å². The fourth-order valence-corrected chi connectivity index (χ4v) is 3.02. The second kappa shape index (κ2) is 8.00. The van der Waals surface area contributed by atoms with Gasteiger partial charge in [0.1, 0.15) is 5.82 Å². The molecule has 0 radical (unpaired) electrons. The maximum absolute atomic E-state index is 13.0. The second-order valence-corrected chi connectivity index (χ2v) is 6.32. The Morgan fingerprint density at radius 1 is 1.20 bits per heavy atom. The number of guanidine groups is 1. The first-order valence-corrected chi connectivity index (χ1v) is 8.65. The average Bonchev–Trinajstić information content (AvgIpc) is 3.05. The van der Waals surface area contributed by atoms with Crippen LogP contribution in [0.2, 0.25) is 0 Å². The van der Waals surface area contributed by atoms with E-state index in [4.69, 9.17) is 5.73 Å². The molecule has 1 aromatic carbocycles. The van der Waals surface area contributed by atoms with Gasteiger partial charge < -0.3 is 15.5 Å². The first-order chi connectivity index (χ1) is 12.1. The highest BCUT2D eigenvalue weighted by Crippen LogP contribution is 2.16. The van der Waals surface area contributed by atoms with Crippen LogP contribution in [0, 0.1) is 5.82 Å². The number of aromatic nitrogens is 2. The summed E-state index contributed by atoms with van der Waals surface area (Å²) in [4.78, 5) is 8.86. The molecule has 0 saturated carbocycles. The van der Waals surface area contributed by atoms with Gasteiger partial charge in [-0.25, -0.2) is 4.39 Å². The molecule has 0 aliphatic carbocycles. The van der Waals surface area contributed by atoms with Gasteiger partial charge in [0.15, 0.2) is 5.96 Å². The second-order valence-electron chi connectivity index (χ2n) is 6.32. The molecule has 2 heterocycles. The molecule has 2 aromatic rings. The predicted octanol–water partition coefficient (Wildman–Crippen LogP) is 1.63. The number of piperazine rings is 1. The summed E-state index contributed by atoms with van der Waals surface area (Å²) in [6.45, 7) is 4.10. The number of anilines is 1. The van der Waals surface area contributed by atoms with E-state index in [1.54, 1.807) is 0 Å². The van der Waals surface area contributed by atoms with Gasteiger partial charge in [0.05, 0.1) is 6.20 Å². The van der Waals surface area contributed by atoms with Crippen molar-refractivity contribution < 1.29 is 4.39 Å². The highest BCUT2D eigenvalue weighted by atomic mass is 19.1. The maximum Gasteiger partial charge on any atom is 0.191 e. The lowest BCUT2D eigenvalue weighted by Crippen LogP contribution is -2.51. The molecule has 0 unspecified atom stereocenters. The molecular weight excluding hydrogens is 319 g/mol. The monoisotopic (exact) mass is 344 g/mol. The summed E-state index contributed by atoms with van der Waals surface area (Å²) in [6.07, 6.45) is 5.84. The number of aryl methyl sites for hydroxylation is 2. The maximum atomic E-state index is 13.0. The summed E-state index contributed by atoms with van der Waals surface area (Å²) in [5, 5.41) is 4.16. The van der Waals surface area contributed by atoms with Crippen molar-refractivity contribution in [2.75, 3.05) is 37.6 Å². The van der Waals surface area contributed by atoms with Gasteiger partial charge in [-0.2, -0.15) is 5.10 Å². The molecule has 0 spiro atoms. The van der Waals surface area contributed by atoms with Crippen LogP contribution >= 0.6 is 0 Å².